The Kier molecular flexibility index (Phi) is 5.63. The van der Waals surface area contributed by atoms with Crippen LogP contribution in [0.2, 0.25) is 0 Å². The number of aliphatic hydroxyl groups excluding tert-OH is 1. The highest BCUT2D eigenvalue weighted by molar-refractivity contribution is 5.39. The van der Waals surface area contributed by atoms with Gasteiger partial charge in [0.1, 0.15) is 12.4 Å². The molecule has 4 nitrogen and oxygen atoms in total. The first-order valence-electron chi connectivity index (χ1n) is 7.36. The van der Waals surface area contributed by atoms with E-state index in [0.29, 0.717) is 19.6 Å². The molecule has 0 aromatic heterocycles. The molecule has 1 fully saturated rings. The lowest BCUT2D eigenvalue weighted by molar-refractivity contribution is 0.0670. The zero-order chi connectivity index (χ0) is 15.1. The summed E-state index contributed by atoms with van der Waals surface area (Å²) < 4.78 is 5.74. The molecule has 1 aliphatic rings. The highest BCUT2D eigenvalue weighted by Crippen LogP contribution is 2.20. The SMILES string of the molecule is CC1(O)CCN(CCOc2cccc(C#CCCO)c2)C1. The normalized spacial score (nSPS) is 21.9. The van der Waals surface area contributed by atoms with E-state index in [0.717, 1.165) is 30.8 Å². The second-order valence-corrected chi connectivity index (χ2v) is 5.67. The Hall–Kier alpha value is -1.54. The predicted octanol–water partition coefficient (Wildman–Crippen LogP) is 1.26. The largest absolute Gasteiger partial charge is 0.492 e. The average molecular weight is 289 g/mol. The molecule has 0 spiro atoms. The van der Waals surface area contributed by atoms with E-state index in [9.17, 15) is 5.11 Å². The summed E-state index contributed by atoms with van der Waals surface area (Å²) in [6.07, 6.45) is 1.31. The number of likely N-dealkylation sites (tertiary alicyclic amines) is 1. The van der Waals surface area contributed by atoms with Gasteiger partial charge in [0.25, 0.3) is 0 Å². The molecule has 1 unspecified atom stereocenters. The number of rotatable bonds is 5. The molecule has 1 aliphatic heterocycles. The molecular formula is C17H23NO3. The summed E-state index contributed by atoms with van der Waals surface area (Å²) in [6, 6.07) is 7.66. The lowest BCUT2D eigenvalue weighted by Crippen LogP contribution is -2.32. The minimum atomic E-state index is -0.553. The van der Waals surface area contributed by atoms with E-state index in [4.69, 9.17) is 9.84 Å². The fraction of sp³-hybridized carbons (Fsp3) is 0.529. The molecule has 2 N–H and O–H groups in total. The van der Waals surface area contributed by atoms with Crippen molar-refractivity contribution in [3.05, 3.63) is 29.8 Å². The summed E-state index contributed by atoms with van der Waals surface area (Å²) in [5, 5.41) is 18.6. The molecular weight excluding hydrogens is 266 g/mol. The Morgan fingerprint density at radius 2 is 2.29 bits per heavy atom. The molecule has 0 aliphatic carbocycles. The molecule has 0 amide bonds. The highest BCUT2D eigenvalue weighted by atomic mass is 16.5. The van der Waals surface area contributed by atoms with Crippen LogP contribution in [-0.4, -0.2) is 53.6 Å². The maximum absolute atomic E-state index is 9.90. The van der Waals surface area contributed by atoms with Crippen LogP contribution in [-0.2, 0) is 0 Å². The van der Waals surface area contributed by atoms with Crippen LogP contribution in [0.3, 0.4) is 0 Å². The van der Waals surface area contributed by atoms with Gasteiger partial charge in [0.05, 0.1) is 12.2 Å². The van der Waals surface area contributed by atoms with Crippen LogP contribution in [0.15, 0.2) is 24.3 Å². The van der Waals surface area contributed by atoms with E-state index in [2.05, 4.69) is 16.7 Å². The molecule has 21 heavy (non-hydrogen) atoms. The summed E-state index contributed by atoms with van der Waals surface area (Å²) in [6.45, 7) is 5.01. The van der Waals surface area contributed by atoms with Crippen LogP contribution >= 0.6 is 0 Å². The maximum Gasteiger partial charge on any atom is 0.120 e. The van der Waals surface area contributed by atoms with Gasteiger partial charge in [-0.05, 0) is 31.5 Å². The molecule has 0 saturated carbocycles. The van der Waals surface area contributed by atoms with Crippen LogP contribution in [0.4, 0.5) is 0 Å². The second kappa shape index (κ2) is 7.46. The van der Waals surface area contributed by atoms with E-state index in [1.807, 2.05) is 31.2 Å². The molecule has 0 bridgehead atoms. The Morgan fingerprint density at radius 1 is 1.43 bits per heavy atom. The fourth-order valence-electron chi connectivity index (χ4n) is 2.41. The molecule has 4 heteroatoms. The highest BCUT2D eigenvalue weighted by Gasteiger charge is 2.30. The molecule has 1 aromatic carbocycles. The number of aliphatic hydroxyl groups is 2. The van der Waals surface area contributed by atoms with Crippen molar-refractivity contribution in [1.29, 1.82) is 0 Å². The Balaban J connectivity index is 1.79. The number of hydrogen-bond acceptors (Lipinski definition) is 4. The summed E-state index contributed by atoms with van der Waals surface area (Å²) in [4.78, 5) is 2.21. The number of benzene rings is 1. The van der Waals surface area contributed by atoms with Gasteiger partial charge in [-0.1, -0.05) is 17.9 Å². The van der Waals surface area contributed by atoms with Crippen molar-refractivity contribution in [3.63, 3.8) is 0 Å². The zero-order valence-corrected chi connectivity index (χ0v) is 12.5. The Morgan fingerprint density at radius 3 is 3.00 bits per heavy atom. The summed E-state index contributed by atoms with van der Waals surface area (Å²) in [7, 11) is 0. The van der Waals surface area contributed by atoms with Crippen LogP contribution in [0.5, 0.6) is 5.75 Å². The number of hydrogen-bond donors (Lipinski definition) is 2. The third-order valence-electron chi connectivity index (χ3n) is 3.51. The third kappa shape index (κ3) is 5.39. The Labute approximate surface area is 126 Å². The molecule has 1 atom stereocenters. The molecule has 1 aromatic rings. The Bertz CT molecular complexity index is 516. The fourth-order valence-corrected chi connectivity index (χ4v) is 2.41. The van der Waals surface area contributed by atoms with Gasteiger partial charge in [-0.15, -0.1) is 0 Å². The van der Waals surface area contributed by atoms with E-state index in [1.165, 1.54) is 0 Å². The number of β-amino-alcohol motifs (C(OH)–C–C–N with tert-alkyl or cyclic N) is 1. The van der Waals surface area contributed by atoms with Crippen molar-refractivity contribution in [2.24, 2.45) is 0 Å². The third-order valence-corrected chi connectivity index (χ3v) is 3.51. The van der Waals surface area contributed by atoms with Crippen molar-refractivity contribution in [2.75, 3.05) is 32.8 Å². The molecule has 1 heterocycles. The van der Waals surface area contributed by atoms with Gasteiger partial charge in [0.2, 0.25) is 0 Å². The van der Waals surface area contributed by atoms with Gasteiger partial charge < -0.3 is 14.9 Å². The van der Waals surface area contributed by atoms with Crippen LogP contribution in [0.25, 0.3) is 0 Å². The molecule has 0 radical (unpaired) electrons. The molecule has 114 valence electrons. The van der Waals surface area contributed by atoms with Crippen molar-refractivity contribution in [2.45, 2.75) is 25.4 Å². The quantitative estimate of drug-likeness (QED) is 0.801. The van der Waals surface area contributed by atoms with E-state index >= 15 is 0 Å². The van der Waals surface area contributed by atoms with Crippen molar-refractivity contribution >= 4 is 0 Å². The van der Waals surface area contributed by atoms with Gasteiger partial charge in [-0.3, -0.25) is 4.90 Å². The van der Waals surface area contributed by atoms with E-state index in [-0.39, 0.29) is 6.61 Å². The standard InChI is InChI=1S/C17H23NO3/c1-17(20)8-9-18(14-17)10-12-21-16-7-4-6-15(13-16)5-2-3-11-19/h4,6-7,13,19-20H,3,8-12,14H2,1H3. The second-order valence-electron chi connectivity index (χ2n) is 5.67. The predicted molar refractivity (Wildman–Crippen MR) is 82.2 cm³/mol. The summed E-state index contributed by atoms with van der Waals surface area (Å²) in [5.41, 5.74) is 0.340. The minimum absolute atomic E-state index is 0.0861. The minimum Gasteiger partial charge on any atom is -0.492 e. The average Bonchev–Trinajstić information content (AvgIpc) is 2.79. The van der Waals surface area contributed by atoms with E-state index < -0.39 is 5.60 Å². The first-order valence-corrected chi connectivity index (χ1v) is 7.36. The number of nitrogens with zero attached hydrogens (tertiary/aromatic N) is 1. The lowest BCUT2D eigenvalue weighted by atomic mass is 10.1. The smallest absolute Gasteiger partial charge is 0.120 e. The van der Waals surface area contributed by atoms with Crippen LogP contribution in [0.1, 0.15) is 25.3 Å². The first kappa shape index (κ1) is 15.8. The van der Waals surface area contributed by atoms with Crippen molar-refractivity contribution in [3.8, 4) is 17.6 Å². The first-order chi connectivity index (χ1) is 10.1. The van der Waals surface area contributed by atoms with Crippen molar-refractivity contribution < 1.29 is 14.9 Å². The van der Waals surface area contributed by atoms with E-state index in [1.54, 1.807) is 0 Å². The van der Waals surface area contributed by atoms with Gasteiger partial charge in [0.15, 0.2) is 0 Å². The van der Waals surface area contributed by atoms with Gasteiger partial charge in [0, 0.05) is 31.6 Å². The van der Waals surface area contributed by atoms with Crippen LogP contribution < -0.4 is 4.74 Å². The maximum atomic E-state index is 9.90. The van der Waals surface area contributed by atoms with Gasteiger partial charge >= 0.3 is 0 Å². The van der Waals surface area contributed by atoms with Gasteiger partial charge in [-0.25, -0.2) is 0 Å². The van der Waals surface area contributed by atoms with Crippen molar-refractivity contribution in [1.82, 2.24) is 4.90 Å². The van der Waals surface area contributed by atoms with Gasteiger partial charge in [-0.2, -0.15) is 0 Å². The van der Waals surface area contributed by atoms with Crippen LogP contribution in [0, 0.1) is 11.8 Å². The topological polar surface area (TPSA) is 52.9 Å². The lowest BCUT2D eigenvalue weighted by Gasteiger charge is -2.18. The number of ether oxygens (including phenoxy) is 1. The summed E-state index contributed by atoms with van der Waals surface area (Å²) in [5.74, 6) is 6.69. The summed E-state index contributed by atoms with van der Waals surface area (Å²) >= 11 is 0. The molecule has 1 saturated heterocycles. The zero-order valence-electron chi connectivity index (χ0n) is 12.5. The molecule has 2 rings (SSSR count). The monoisotopic (exact) mass is 289 g/mol.